The average molecular weight is 403 g/mol. The van der Waals surface area contributed by atoms with Crippen LogP contribution in [0, 0.1) is 6.92 Å². The number of aryl methyl sites for hydroxylation is 1. The van der Waals surface area contributed by atoms with Crippen molar-refractivity contribution in [2.24, 2.45) is 4.99 Å². The first-order valence-electron chi connectivity index (χ1n) is 9.69. The smallest absolute Gasteiger partial charge is 0.191 e. The van der Waals surface area contributed by atoms with E-state index in [4.69, 9.17) is 14.5 Å². The van der Waals surface area contributed by atoms with Crippen LogP contribution in [0.2, 0.25) is 0 Å². The minimum absolute atomic E-state index is 0.347. The van der Waals surface area contributed by atoms with Gasteiger partial charge in [0.05, 0.1) is 20.8 Å². The van der Waals surface area contributed by atoms with E-state index in [1.165, 1.54) is 9.75 Å². The van der Waals surface area contributed by atoms with E-state index in [0.717, 1.165) is 49.2 Å². The van der Waals surface area contributed by atoms with E-state index < -0.39 is 0 Å². The summed E-state index contributed by atoms with van der Waals surface area (Å²) in [6.07, 6.45) is 1.06. The maximum atomic E-state index is 5.41. The van der Waals surface area contributed by atoms with Gasteiger partial charge >= 0.3 is 0 Å². The Morgan fingerprint density at radius 3 is 2.57 bits per heavy atom. The van der Waals surface area contributed by atoms with Gasteiger partial charge in [-0.1, -0.05) is 0 Å². The molecule has 1 fully saturated rings. The summed E-state index contributed by atoms with van der Waals surface area (Å²) in [6, 6.07) is 10.7. The maximum absolute atomic E-state index is 5.41. The van der Waals surface area contributed by atoms with Gasteiger partial charge in [0.25, 0.3) is 0 Å². The molecule has 3 rings (SSSR count). The van der Waals surface area contributed by atoms with Crippen molar-refractivity contribution in [2.75, 3.05) is 38.8 Å². The van der Waals surface area contributed by atoms with E-state index in [1.54, 1.807) is 25.6 Å². The fourth-order valence-corrected chi connectivity index (χ4v) is 4.14. The summed E-state index contributed by atoms with van der Waals surface area (Å²) in [5, 5.41) is 6.95. The van der Waals surface area contributed by atoms with Crippen LogP contribution in [0.1, 0.15) is 23.1 Å². The number of benzene rings is 1. The van der Waals surface area contributed by atoms with E-state index in [0.29, 0.717) is 12.6 Å². The van der Waals surface area contributed by atoms with E-state index in [-0.39, 0.29) is 0 Å². The highest BCUT2D eigenvalue weighted by Gasteiger charge is 2.24. The summed E-state index contributed by atoms with van der Waals surface area (Å²) < 4.78 is 10.8. The summed E-state index contributed by atoms with van der Waals surface area (Å²) in [5.74, 6) is 2.50. The first kappa shape index (κ1) is 20.3. The second-order valence-corrected chi connectivity index (χ2v) is 8.23. The van der Waals surface area contributed by atoms with Gasteiger partial charge in [0.15, 0.2) is 5.96 Å². The second-order valence-electron chi connectivity index (χ2n) is 6.85. The Balaban J connectivity index is 1.63. The molecule has 28 heavy (non-hydrogen) atoms. The molecular formula is C21H30N4O2S. The fourth-order valence-electron chi connectivity index (χ4n) is 3.33. The Bertz CT molecular complexity index is 783. The molecule has 1 aromatic carbocycles. The summed E-state index contributed by atoms with van der Waals surface area (Å²) >= 11 is 1.80. The van der Waals surface area contributed by atoms with E-state index in [2.05, 4.69) is 53.6 Å². The lowest BCUT2D eigenvalue weighted by atomic mass is 10.2. The molecule has 2 N–H and O–H groups in total. The van der Waals surface area contributed by atoms with Crippen LogP contribution in [-0.2, 0) is 6.54 Å². The van der Waals surface area contributed by atoms with Crippen molar-refractivity contribution in [3.05, 3.63) is 40.1 Å². The molecular weight excluding hydrogens is 372 g/mol. The summed E-state index contributed by atoms with van der Waals surface area (Å²) in [5.41, 5.74) is 1.12. The number of nitrogens with zero attached hydrogens (tertiary/aromatic N) is 2. The second kappa shape index (κ2) is 9.68. The van der Waals surface area contributed by atoms with E-state index >= 15 is 0 Å². The van der Waals surface area contributed by atoms with Crippen molar-refractivity contribution in [3.63, 3.8) is 0 Å². The number of guanidine groups is 1. The monoisotopic (exact) mass is 402 g/mol. The first-order valence-corrected chi connectivity index (χ1v) is 10.5. The molecule has 0 saturated carbocycles. The minimum atomic E-state index is 0.347. The molecule has 152 valence electrons. The number of nitrogens with one attached hydrogen (secondary N) is 2. The standard InChI is InChI=1S/C21H30N4O2S/c1-5-22-21(23-13-20-7-6-15(2)28-20)24-16-8-9-25(14-16)17-10-18(26-3)12-19(11-17)27-4/h6-7,10-12,16H,5,8-9,13-14H2,1-4H3,(H2,22,23,24). The van der Waals surface area contributed by atoms with Gasteiger partial charge in [-0.3, -0.25) is 0 Å². The Morgan fingerprint density at radius 1 is 1.21 bits per heavy atom. The molecule has 0 bridgehead atoms. The van der Waals surface area contributed by atoms with Gasteiger partial charge in [0.1, 0.15) is 11.5 Å². The van der Waals surface area contributed by atoms with Crippen molar-refractivity contribution in [3.8, 4) is 11.5 Å². The number of hydrogen-bond acceptors (Lipinski definition) is 5. The molecule has 1 aromatic heterocycles. The maximum Gasteiger partial charge on any atom is 0.191 e. The number of methoxy groups -OCH3 is 2. The molecule has 1 unspecified atom stereocenters. The zero-order valence-electron chi connectivity index (χ0n) is 17.1. The van der Waals surface area contributed by atoms with Gasteiger partial charge in [-0.2, -0.15) is 0 Å². The molecule has 0 amide bonds. The largest absolute Gasteiger partial charge is 0.497 e. The van der Waals surface area contributed by atoms with Crippen LogP contribution < -0.4 is 25.0 Å². The highest BCUT2D eigenvalue weighted by Crippen LogP contribution is 2.30. The Kier molecular flexibility index (Phi) is 7.03. The number of anilines is 1. The van der Waals surface area contributed by atoms with Crippen LogP contribution in [0.3, 0.4) is 0 Å². The number of hydrogen-bond donors (Lipinski definition) is 2. The topological polar surface area (TPSA) is 58.1 Å². The Morgan fingerprint density at radius 2 is 1.96 bits per heavy atom. The van der Waals surface area contributed by atoms with Crippen molar-refractivity contribution in [2.45, 2.75) is 32.9 Å². The van der Waals surface area contributed by atoms with Crippen LogP contribution in [0.15, 0.2) is 35.3 Å². The summed E-state index contributed by atoms with van der Waals surface area (Å²) in [7, 11) is 3.36. The number of thiophene rings is 1. The third kappa shape index (κ3) is 5.32. The van der Waals surface area contributed by atoms with Crippen LogP contribution in [0.25, 0.3) is 0 Å². The number of rotatable bonds is 7. The Labute approximate surface area is 171 Å². The molecule has 0 radical (unpaired) electrons. The Hall–Kier alpha value is -2.41. The molecule has 0 aliphatic carbocycles. The van der Waals surface area contributed by atoms with Crippen LogP contribution >= 0.6 is 11.3 Å². The molecule has 7 heteroatoms. The molecule has 2 aromatic rings. The summed E-state index contributed by atoms with van der Waals surface area (Å²) in [6.45, 7) is 7.67. The molecule has 1 aliphatic heterocycles. The van der Waals surface area contributed by atoms with Gasteiger partial charge < -0.3 is 25.0 Å². The van der Waals surface area contributed by atoms with Crippen LogP contribution in [0.4, 0.5) is 5.69 Å². The van der Waals surface area contributed by atoms with Crippen molar-refractivity contribution in [1.29, 1.82) is 0 Å². The average Bonchev–Trinajstić information content (AvgIpc) is 3.34. The van der Waals surface area contributed by atoms with E-state index in [9.17, 15) is 0 Å². The zero-order valence-corrected chi connectivity index (χ0v) is 17.9. The van der Waals surface area contributed by atoms with Gasteiger partial charge in [-0.15, -0.1) is 11.3 Å². The summed E-state index contributed by atoms with van der Waals surface area (Å²) in [4.78, 5) is 9.72. The quantitative estimate of drug-likeness (QED) is 0.549. The molecule has 2 heterocycles. The number of ether oxygens (including phenoxy) is 2. The lowest BCUT2D eigenvalue weighted by Crippen LogP contribution is -2.44. The van der Waals surface area contributed by atoms with Gasteiger partial charge in [0, 0.05) is 59.3 Å². The van der Waals surface area contributed by atoms with Crippen molar-refractivity contribution < 1.29 is 9.47 Å². The molecule has 1 aliphatic rings. The molecule has 1 atom stereocenters. The van der Waals surface area contributed by atoms with Crippen molar-refractivity contribution >= 4 is 23.0 Å². The lowest BCUT2D eigenvalue weighted by Gasteiger charge is -2.21. The first-order chi connectivity index (χ1) is 13.6. The zero-order chi connectivity index (χ0) is 19.9. The van der Waals surface area contributed by atoms with Gasteiger partial charge in [-0.05, 0) is 32.4 Å². The van der Waals surface area contributed by atoms with Crippen LogP contribution in [-0.4, -0.2) is 45.9 Å². The lowest BCUT2D eigenvalue weighted by molar-refractivity contribution is 0.394. The molecule has 0 spiro atoms. The predicted octanol–water partition coefficient (Wildman–Crippen LogP) is 3.41. The third-order valence-corrected chi connectivity index (χ3v) is 5.75. The minimum Gasteiger partial charge on any atom is -0.497 e. The normalized spacial score (nSPS) is 16.9. The molecule has 6 nitrogen and oxygen atoms in total. The number of aliphatic imine (C=N–C) groups is 1. The van der Waals surface area contributed by atoms with Crippen molar-refractivity contribution in [1.82, 2.24) is 10.6 Å². The van der Waals surface area contributed by atoms with Gasteiger partial charge in [-0.25, -0.2) is 4.99 Å². The SMILES string of the molecule is CCNC(=NCc1ccc(C)s1)NC1CCN(c2cc(OC)cc(OC)c2)C1. The predicted molar refractivity (Wildman–Crippen MR) is 117 cm³/mol. The van der Waals surface area contributed by atoms with E-state index in [1.807, 2.05) is 6.07 Å². The third-order valence-electron chi connectivity index (χ3n) is 4.76. The van der Waals surface area contributed by atoms with Gasteiger partial charge in [0.2, 0.25) is 0 Å². The highest BCUT2D eigenvalue weighted by atomic mass is 32.1. The van der Waals surface area contributed by atoms with Crippen LogP contribution in [0.5, 0.6) is 11.5 Å². The highest BCUT2D eigenvalue weighted by molar-refractivity contribution is 7.11. The fraction of sp³-hybridized carbons (Fsp3) is 0.476. The molecule has 1 saturated heterocycles.